The molecule has 0 atom stereocenters. The molecule has 2 aliphatic rings. The van der Waals surface area contributed by atoms with Crippen molar-refractivity contribution >= 4 is 10.8 Å². The second kappa shape index (κ2) is 7.45. The van der Waals surface area contributed by atoms with Crippen LogP contribution in [0, 0.1) is 5.41 Å². The lowest BCUT2D eigenvalue weighted by Crippen LogP contribution is -2.47. The predicted octanol–water partition coefficient (Wildman–Crippen LogP) is 3.51. The summed E-state index contributed by atoms with van der Waals surface area (Å²) in [5.74, 6) is 0. The second-order valence-electron chi connectivity index (χ2n) is 8.10. The Morgan fingerprint density at radius 2 is 1.56 bits per heavy atom. The molecule has 0 aliphatic carbocycles. The molecule has 2 heterocycles. The van der Waals surface area contributed by atoms with Crippen LogP contribution in [-0.2, 0) is 6.54 Å². The van der Waals surface area contributed by atoms with Gasteiger partial charge in [-0.25, -0.2) is 0 Å². The normalized spacial score (nSPS) is 21.8. The van der Waals surface area contributed by atoms with Crippen LogP contribution in [0.2, 0.25) is 0 Å². The highest BCUT2D eigenvalue weighted by Crippen LogP contribution is 2.33. The maximum absolute atomic E-state index is 10.1. The summed E-state index contributed by atoms with van der Waals surface area (Å²) < 4.78 is 0. The largest absolute Gasteiger partial charge is 0.396 e. The fourth-order valence-electron chi connectivity index (χ4n) is 4.56. The van der Waals surface area contributed by atoms with Crippen molar-refractivity contribution in [2.45, 2.75) is 32.2 Å². The van der Waals surface area contributed by atoms with Gasteiger partial charge < -0.3 is 10.0 Å². The van der Waals surface area contributed by atoms with Crippen LogP contribution in [0.1, 0.15) is 31.2 Å². The van der Waals surface area contributed by atoms with E-state index in [-0.39, 0.29) is 5.41 Å². The van der Waals surface area contributed by atoms with Gasteiger partial charge in [-0.05, 0) is 74.3 Å². The number of aliphatic hydroxyl groups excluding tert-OH is 1. The molecule has 2 aromatic carbocycles. The van der Waals surface area contributed by atoms with E-state index in [1.807, 2.05) is 0 Å². The molecule has 2 saturated heterocycles. The van der Waals surface area contributed by atoms with E-state index < -0.39 is 0 Å². The van der Waals surface area contributed by atoms with Crippen molar-refractivity contribution < 1.29 is 5.11 Å². The third kappa shape index (κ3) is 3.89. The van der Waals surface area contributed by atoms with Crippen LogP contribution < -0.4 is 0 Å². The van der Waals surface area contributed by atoms with Gasteiger partial charge in [0.25, 0.3) is 0 Å². The molecular weight excluding hydrogens is 308 g/mol. The molecule has 0 radical (unpaired) electrons. The highest BCUT2D eigenvalue weighted by atomic mass is 16.3. The number of hydrogen-bond donors (Lipinski definition) is 1. The highest BCUT2D eigenvalue weighted by Gasteiger charge is 2.36. The first-order valence-corrected chi connectivity index (χ1v) is 9.80. The van der Waals surface area contributed by atoms with E-state index in [0.717, 1.165) is 39.0 Å². The molecule has 2 aromatic rings. The van der Waals surface area contributed by atoms with Gasteiger partial charge in [0.2, 0.25) is 0 Å². The fourth-order valence-corrected chi connectivity index (χ4v) is 4.56. The number of likely N-dealkylation sites (tertiary alicyclic amines) is 2. The predicted molar refractivity (Wildman–Crippen MR) is 104 cm³/mol. The summed E-state index contributed by atoms with van der Waals surface area (Å²) in [6.07, 6.45) is 4.90. The van der Waals surface area contributed by atoms with Crippen LogP contribution in [0.15, 0.2) is 42.5 Å². The van der Waals surface area contributed by atoms with Crippen LogP contribution in [0.3, 0.4) is 0 Å². The molecule has 25 heavy (non-hydrogen) atoms. The van der Waals surface area contributed by atoms with Crippen molar-refractivity contribution in [2.75, 3.05) is 39.3 Å². The molecule has 0 unspecified atom stereocenters. The summed E-state index contributed by atoms with van der Waals surface area (Å²) in [5, 5.41) is 12.7. The Morgan fingerprint density at radius 1 is 0.840 bits per heavy atom. The van der Waals surface area contributed by atoms with E-state index in [9.17, 15) is 5.11 Å². The first-order chi connectivity index (χ1) is 12.3. The molecule has 0 spiro atoms. The van der Waals surface area contributed by atoms with Gasteiger partial charge in [-0.3, -0.25) is 4.90 Å². The first kappa shape index (κ1) is 17.0. The Labute approximate surface area is 151 Å². The van der Waals surface area contributed by atoms with Gasteiger partial charge in [0, 0.05) is 18.5 Å². The summed E-state index contributed by atoms with van der Waals surface area (Å²) in [6.45, 7) is 7.10. The summed E-state index contributed by atoms with van der Waals surface area (Å²) in [4.78, 5) is 5.12. The van der Waals surface area contributed by atoms with E-state index in [1.165, 1.54) is 42.3 Å². The molecule has 4 rings (SSSR count). The van der Waals surface area contributed by atoms with E-state index >= 15 is 0 Å². The van der Waals surface area contributed by atoms with Crippen molar-refractivity contribution in [3.8, 4) is 0 Å². The number of nitrogens with zero attached hydrogens (tertiary/aromatic N) is 2. The van der Waals surface area contributed by atoms with Crippen molar-refractivity contribution in [1.29, 1.82) is 0 Å². The van der Waals surface area contributed by atoms with Gasteiger partial charge in [-0.2, -0.15) is 0 Å². The Kier molecular flexibility index (Phi) is 5.07. The van der Waals surface area contributed by atoms with Gasteiger partial charge in [0.15, 0.2) is 0 Å². The standard InChI is InChI=1S/C22H30N2O/c25-18-22(17-24-11-3-4-12-24)9-13-23(14-10-22)16-19-7-8-20-5-1-2-6-21(20)15-19/h1-2,5-8,15,25H,3-4,9-14,16-18H2. The molecular formula is C22H30N2O. The minimum absolute atomic E-state index is 0.129. The third-order valence-corrected chi connectivity index (χ3v) is 6.23. The van der Waals surface area contributed by atoms with Crippen LogP contribution in [0.4, 0.5) is 0 Å². The molecule has 1 N–H and O–H groups in total. The Bertz CT molecular complexity index is 700. The second-order valence-corrected chi connectivity index (χ2v) is 8.10. The van der Waals surface area contributed by atoms with Gasteiger partial charge >= 0.3 is 0 Å². The van der Waals surface area contributed by atoms with E-state index in [0.29, 0.717) is 6.61 Å². The smallest absolute Gasteiger partial charge is 0.0500 e. The van der Waals surface area contributed by atoms with Crippen molar-refractivity contribution in [3.63, 3.8) is 0 Å². The first-order valence-electron chi connectivity index (χ1n) is 9.80. The number of benzene rings is 2. The monoisotopic (exact) mass is 338 g/mol. The van der Waals surface area contributed by atoms with Crippen molar-refractivity contribution in [1.82, 2.24) is 9.80 Å². The molecule has 2 aliphatic heterocycles. The summed E-state index contributed by atoms with van der Waals surface area (Å²) in [6, 6.07) is 15.4. The zero-order chi connectivity index (χ0) is 17.1. The lowest BCUT2D eigenvalue weighted by molar-refractivity contribution is 0.0165. The highest BCUT2D eigenvalue weighted by molar-refractivity contribution is 5.82. The minimum Gasteiger partial charge on any atom is -0.396 e. The Balaban J connectivity index is 1.37. The van der Waals surface area contributed by atoms with Crippen molar-refractivity contribution in [3.05, 3.63) is 48.0 Å². The minimum atomic E-state index is 0.129. The molecule has 134 valence electrons. The summed E-state index contributed by atoms with van der Waals surface area (Å²) >= 11 is 0. The summed E-state index contributed by atoms with van der Waals surface area (Å²) in [7, 11) is 0. The molecule has 3 nitrogen and oxygen atoms in total. The molecule has 0 saturated carbocycles. The number of piperidine rings is 1. The topological polar surface area (TPSA) is 26.7 Å². The van der Waals surface area contributed by atoms with Crippen molar-refractivity contribution in [2.24, 2.45) is 5.41 Å². The number of hydrogen-bond acceptors (Lipinski definition) is 3. The average molecular weight is 338 g/mol. The zero-order valence-corrected chi connectivity index (χ0v) is 15.2. The Hall–Kier alpha value is -1.42. The van der Waals surface area contributed by atoms with Crippen LogP contribution in [-0.4, -0.2) is 54.2 Å². The molecule has 0 bridgehead atoms. The third-order valence-electron chi connectivity index (χ3n) is 6.23. The maximum Gasteiger partial charge on any atom is 0.0500 e. The lowest BCUT2D eigenvalue weighted by atomic mass is 9.78. The van der Waals surface area contributed by atoms with E-state index in [1.54, 1.807) is 0 Å². The number of fused-ring (bicyclic) bond motifs is 1. The summed E-state index contributed by atoms with van der Waals surface area (Å²) in [5.41, 5.74) is 1.53. The number of aliphatic hydroxyl groups is 1. The fraction of sp³-hybridized carbons (Fsp3) is 0.545. The average Bonchev–Trinajstić information content (AvgIpc) is 3.16. The van der Waals surface area contributed by atoms with Crippen LogP contribution in [0.5, 0.6) is 0 Å². The quantitative estimate of drug-likeness (QED) is 0.904. The van der Waals surface area contributed by atoms with Crippen LogP contribution >= 0.6 is 0 Å². The number of rotatable bonds is 5. The van der Waals surface area contributed by atoms with Gasteiger partial charge in [-0.1, -0.05) is 36.4 Å². The van der Waals surface area contributed by atoms with Gasteiger partial charge in [0.1, 0.15) is 0 Å². The lowest BCUT2D eigenvalue weighted by Gasteiger charge is -2.42. The zero-order valence-electron chi connectivity index (χ0n) is 15.2. The van der Waals surface area contributed by atoms with Gasteiger partial charge in [0.05, 0.1) is 6.61 Å². The maximum atomic E-state index is 10.1. The molecule has 0 aromatic heterocycles. The molecule has 2 fully saturated rings. The SMILES string of the molecule is OCC1(CN2CCCC2)CCN(Cc2ccc3ccccc3c2)CC1. The Morgan fingerprint density at radius 3 is 2.28 bits per heavy atom. The molecule has 0 amide bonds. The van der Waals surface area contributed by atoms with Crippen LogP contribution in [0.25, 0.3) is 10.8 Å². The van der Waals surface area contributed by atoms with Gasteiger partial charge in [-0.15, -0.1) is 0 Å². The van der Waals surface area contributed by atoms with E-state index in [2.05, 4.69) is 52.3 Å². The van der Waals surface area contributed by atoms with E-state index in [4.69, 9.17) is 0 Å². The molecule has 3 heteroatoms.